The van der Waals surface area contributed by atoms with Crippen molar-refractivity contribution < 1.29 is 18.3 Å². The van der Waals surface area contributed by atoms with Crippen LogP contribution in [0.3, 0.4) is 0 Å². The summed E-state index contributed by atoms with van der Waals surface area (Å²) in [5.74, 6) is 2.03. The van der Waals surface area contributed by atoms with Gasteiger partial charge in [-0.05, 0) is 30.9 Å². The molecule has 2 saturated heterocycles. The van der Waals surface area contributed by atoms with Gasteiger partial charge in [0.15, 0.2) is 0 Å². The van der Waals surface area contributed by atoms with Gasteiger partial charge in [0, 0.05) is 18.6 Å². The fourth-order valence-electron chi connectivity index (χ4n) is 2.70. The van der Waals surface area contributed by atoms with E-state index in [-0.39, 0.29) is 17.3 Å². The van der Waals surface area contributed by atoms with Crippen LogP contribution < -0.4 is 0 Å². The summed E-state index contributed by atoms with van der Waals surface area (Å²) in [7, 11) is -3.10. The maximum atomic E-state index is 11.2. The lowest BCUT2D eigenvalue weighted by Crippen LogP contribution is -2.44. The van der Waals surface area contributed by atoms with Crippen LogP contribution in [-0.4, -0.2) is 55.4 Å². The van der Waals surface area contributed by atoms with Crippen molar-refractivity contribution in [3.8, 4) is 0 Å². The number of ether oxygens (including phenoxy) is 1. The molecule has 0 bridgehead atoms. The van der Waals surface area contributed by atoms with Crippen LogP contribution in [0.2, 0.25) is 0 Å². The van der Waals surface area contributed by atoms with Gasteiger partial charge < -0.3 is 9.84 Å². The second-order valence-electron chi connectivity index (χ2n) is 5.25. The molecule has 0 aromatic carbocycles. The number of aliphatic hydroxyl groups is 1. The highest BCUT2D eigenvalue weighted by molar-refractivity contribution is 7.99. The Balaban J connectivity index is 1.97. The second-order valence-corrected chi connectivity index (χ2v) is 8.54. The molecule has 100 valence electrons. The Labute approximate surface area is 107 Å². The van der Waals surface area contributed by atoms with Crippen molar-refractivity contribution in [3.05, 3.63) is 0 Å². The van der Waals surface area contributed by atoms with Gasteiger partial charge in [0.1, 0.15) is 9.84 Å². The Morgan fingerprint density at radius 3 is 2.94 bits per heavy atom. The number of hydrogen-bond donors (Lipinski definition) is 1. The van der Waals surface area contributed by atoms with E-state index in [1.807, 2.05) is 11.8 Å². The number of hydrogen-bond acceptors (Lipinski definition) is 5. The lowest BCUT2D eigenvalue weighted by molar-refractivity contribution is -0.0979. The third kappa shape index (κ3) is 3.59. The number of rotatable bonds is 3. The fourth-order valence-corrected chi connectivity index (χ4v) is 4.97. The summed E-state index contributed by atoms with van der Waals surface area (Å²) in [5, 5.41) is 10.0. The number of aliphatic hydroxyl groups excluding tert-OH is 1. The molecule has 0 amide bonds. The van der Waals surface area contributed by atoms with Crippen LogP contribution >= 0.6 is 11.8 Å². The highest BCUT2D eigenvalue weighted by atomic mass is 32.2. The summed E-state index contributed by atoms with van der Waals surface area (Å²) in [6.45, 7) is 0.645. The van der Waals surface area contributed by atoms with E-state index in [2.05, 4.69) is 0 Å². The first-order valence-corrected chi connectivity index (χ1v) is 9.19. The van der Waals surface area contributed by atoms with Crippen molar-refractivity contribution in [3.63, 3.8) is 0 Å². The van der Waals surface area contributed by atoms with Gasteiger partial charge in [-0.2, -0.15) is 11.8 Å². The van der Waals surface area contributed by atoms with Gasteiger partial charge in [-0.15, -0.1) is 0 Å². The summed E-state index contributed by atoms with van der Waals surface area (Å²) < 4.78 is 28.3. The average Bonchev–Trinajstić information content (AvgIpc) is 2.64. The van der Waals surface area contributed by atoms with Gasteiger partial charge >= 0.3 is 0 Å². The van der Waals surface area contributed by atoms with Crippen LogP contribution in [0.4, 0.5) is 0 Å². The molecule has 2 aliphatic heterocycles. The van der Waals surface area contributed by atoms with Crippen molar-refractivity contribution >= 4 is 21.6 Å². The van der Waals surface area contributed by atoms with Crippen LogP contribution in [0.1, 0.15) is 19.3 Å². The molecular formula is C11H20O4S2. The highest BCUT2D eigenvalue weighted by Crippen LogP contribution is 2.41. The fraction of sp³-hybridized carbons (Fsp3) is 1.00. The maximum Gasteiger partial charge on any atom is 0.150 e. The molecule has 4 nitrogen and oxygen atoms in total. The topological polar surface area (TPSA) is 63.6 Å². The minimum Gasteiger partial charge on any atom is -0.392 e. The van der Waals surface area contributed by atoms with Gasteiger partial charge in [0.2, 0.25) is 0 Å². The quantitative estimate of drug-likeness (QED) is 0.824. The molecule has 2 rings (SSSR count). The van der Waals surface area contributed by atoms with Gasteiger partial charge in [0.25, 0.3) is 0 Å². The average molecular weight is 280 g/mol. The number of sulfone groups is 1. The third-order valence-electron chi connectivity index (χ3n) is 3.62. The van der Waals surface area contributed by atoms with Crippen LogP contribution in [0.15, 0.2) is 0 Å². The Morgan fingerprint density at radius 1 is 1.59 bits per heavy atom. The van der Waals surface area contributed by atoms with Crippen LogP contribution in [-0.2, 0) is 14.6 Å². The SMILES string of the molecule is CS(=O)(=O)CC(O)C1CCOC2(CCSC2)C1. The Morgan fingerprint density at radius 2 is 2.35 bits per heavy atom. The molecule has 1 spiro atoms. The van der Waals surface area contributed by atoms with E-state index in [9.17, 15) is 13.5 Å². The molecule has 0 saturated carbocycles. The van der Waals surface area contributed by atoms with Crippen molar-refractivity contribution in [2.45, 2.75) is 31.0 Å². The molecule has 2 fully saturated rings. The smallest absolute Gasteiger partial charge is 0.150 e. The molecule has 17 heavy (non-hydrogen) atoms. The van der Waals surface area contributed by atoms with Crippen LogP contribution in [0.25, 0.3) is 0 Å². The van der Waals surface area contributed by atoms with Gasteiger partial charge in [-0.1, -0.05) is 0 Å². The maximum absolute atomic E-state index is 11.2. The molecule has 3 atom stereocenters. The second kappa shape index (κ2) is 5.07. The lowest BCUT2D eigenvalue weighted by atomic mass is 9.83. The molecule has 2 aliphatic rings. The zero-order chi connectivity index (χ0) is 12.5. The first-order chi connectivity index (χ1) is 7.90. The van der Waals surface area contributed by atoms with Crippen LogP contribution in [0.5, 0.6) is 0 Å². The van der Waals surface area contributed by atoms with Crippen molar-refractivity contribution in [2.24, 2.45) is 5.92 Å². The van der Waals surface area contributed by atoms with Crippen molar-refractivity contribution in [1.29, 1.82) is 0 Å². The minimum absolute atomic E-state index is 0.0668. The summed E-state index contributed by atoms with van der Waals surface area (Å²) >= 11 is 1.88. The first-order valence-electron chi connectivity index (χ1n) is 5.98. The van der Waals surface area contributed by atoms with E-state index in [0.29, 0.717) is 6.61 Å². The molecule has 1 N–H and O–H groups in total. The molecular weight excluding hydrogens is 260 g/mol. The Kier molecular flexibility index (Phi) is 4.07. The molecule has 0 radical (unpaired) electrons. The van der Waals surface area contributed by atoms with Gasteiger partial charge in [0.05, 0.1) is 17.5 Å². The summed E-state index contributed by atoms with van der Waals surface area (Å²) in [5.41, 5.74) is -0.0912. The molecule has 0 aromatic rings. The van der Waals surface area contributed by atoms with Gasteiger partial charge in [-0.25, -0.2) is 8.42 Å². The number of thioether (sulfide) groups is 1. The zero-order valence-corrected chi connectivity index (χ0v) is 11.7. The molecule has 0 aromatic heterocycles. The predicted molar refractivity (Wildman–Crippen MR) is 69.1 cm³/mol. The minimum atomic E-state index is -3.10. The van der Waals surface area contributed by atoms with Crippen molar-refractivity contribution in [2.75, 3.05) is 30.1 Å². The summed E-state index contributed by atoms with van der Waals surface area (Å²) in [4.78, 5) is 0. The standard InChI is InChI=1S/C11H20O4S2/c1-17(13,14)7-10(12)9-2-4-15-11(6-9)3-5-16-8-11/h9-10,12H,2-8H2,1H3. The summed E-state index contributed by atoms with van der Waals surface area (Å²) in [6, 6.07) is 0. The molecule has 2 heterocycles. The third-order valence-corrected chi connectivity index (χ3v) is 5.79. The Bertz CT molecular complexity index is 360. The van der Waals surface area contributed by atoms with E-state index < -0.39 is 15.9 Å². The van der Waals surface area contributed by atoms with E-state index in [1.165, 1.54) is 6.26 Å². The normalized spacial score (nSPS) is 36.2. The van der Waals surface area contributed by atoms with E-state index in [4.69, 9.17) is 4.74 Å². The largest absolute Gasteiger partial charge is 0.392 e. The Hall–Kier alpha value is 0.220. The van der Waals surface area contributed by atoms with E-state index >= 15 is 0 Å². The van der Waals surface area contributed by atoms with Crippen LogP contribution in [0, 0.1) is 5.92 Å². The molecule has 0 aliphatic carbocycles. The summed E-state index contributed by atoms with van der Waals surface area (Å²) in [6.07, 6.45) is 3.03. The van der Waals surface area contributed by atoms with E-state index in [1.54, 1.807) is 0 Å². The van der Waals surface area contributed by atoms with E-state index in [0.717, 1.165) is 30.8 Å². The van der Waals surface area contributed by atoms with Crippen molar-refractivity contribution in [1.82, 2.24) is 0 Å². The zero-order valence-electron chi connectivity index (χ0n) is 10.1. The lowest BCUT2D eigenvalue weighted by Gasteiger charge is -2.39. The van der Waals surface area contributed by atoms with Gasteiger partial charge in [-0.3, -0.25) is 0 Å². The highest BCUT2D eigenvalue weighted by Gasteiger charge is 2.42. The molecule has 3 unspecified atom stereocenters. The first kappa shape index (κ1) is 13.6. The predicted octanol–water partition coefficient (Wildman–Crippen LogP) is 0.694. The monoisotopic (exact) mass is 280 g/mol. The molecule has 6 heteroatoms.